The molecule has 1 N–H and O–H groups in total. The number of hydrogen-bond donors (Lipinski definition) is 1. The van der Waals surface area contributed by atoms with E-state index in [1.54, 1.807) is 19.2 Å². The summed E-state index contributed by atoms with van der Waals surface area (Å²) >= 11 is 1.30. The second kappa shape index (κ2) is 8.93. The molecule has 0 aliphatic carbocycles. The average Bonchev–Trinajstić information content (AvgIpc) is 2.60. The maximum absolute atomic E-state index is 12.8. The molecule has 0 spiro atoms. The first-order valence-corrected chi connectivity index (χ1v) is 8.03. The highest BCUT2D eigenvalue weighted by Crippen LogP contribution is 2.21. The summed E-state index contributed by atoms with van der Waals surface area (Å²) in [6.45, 7) is -0.390. The van der Waals surface area contributed by atoms with Crippen molar-refractivity contribution in [2.24, 2.45) is 0 Å². The third-order valence-corrected chi connectivity index (χ3v) is 3.89. The number of carbonyl (C=O) groups is 2. The van der Waals surface area contributed by atoms with Gasteiger partial charge in [-0.2, -0.15) is 0 Å². The predicted molar refractivity (Wildman–Crippen MR) is 89.7 cm³/mol. The molecule has 2 aromatic rings. The van der Waals surface area contributed by atoms with Gasteiger partial charge in [-0.3, -0.25) is 9.59 Å². The summed E-state index contributed by atoms with van der Waals surface area (Å²) in [4.78, 5) is 24.2. The van der Waals surface area contributed by atoms with E-state index in [1.807, 2.05) is 12.1 Å². The standard InChI is InChI=1S/C17H16FNO4S/c1-22-14-6-8-15(9-7-14)24-11-17(21)23-10-16(20)19-13-4-2-12(18)3-5-13/h2-9H,10-11H2,1H3,(H,19,20). The lowest BCUT2D eigenvalue weighted by atomic mass is 10.3. The Kier molecular flexibility index (Phi) is 6.62. The van der Waals surface area contributed by atoms with E-state index in [4.69, 9.17) is 9.47 Å². The molecule has 0 radical (unpaired) electrons. The molecule has 2 rings (SSSR count). The van der Waals surface area contributed by atoms with Crippen LogP contribution in [-0.4, -0.2) is 31.3 Å². The van der Waals surface area contributed by atoms with Gasteiger partial charge in [0.05, 0.1) is 12.9 Å². The van der Waals surface area contributed by atoms with Crippen molar-refractivity contribution in [3.63, 3.8) is 0 Å². The largest absolute Gasteiger partial charge is 0.497 e. The van der Waals surface area contributed by atoms with E-state index in [1.165, 1.54) is 36.0 Å². The molecular formula is C17H16FNO4S. The number of benzene rings is 2. The van der Waals surface area contributed by atoms with Crippen molar-refractivity contribution >= 4 is 29.3 Å². The highest BCUT2D eigenvalue weighted by atomic mass is 32.2. The summed E-state index contributed by atoms with van der Waals surface area (Å²) < 4.78 is 22.7. The first-order chi connectivity index (χ1) is 11.6. The van der Waals surface area contributed by atoms with E-state index in [0.717, 1.165) is 10.6 Å². The van der Waals surface area contributed by atoms with Crippen LogP contribution >= 0.6 is 11.8 Å². The zero-order chi connectivity index (χ0) is 17.4. The summed E-state index contributed by atoms with van der Waals surface area (Å²) in [5.74, 6) is -0.542. The van der Waals surface area contributed by atoms with Gasteiger partial charge in [-0.25, -0.2) is 4.39 Å². The predicted octanol–water partition coefficient (Wildman–Crippen LogP) is 3.11. The molecule has 0 saturated heterocycles. The molecule has 0 atom stereocenters. The molecule has 5 nitrogen and oxygen atoms in total. The van der Waals surface area contributed by atoms with Crippen molar-refractivity contribution in [2.75, 3.05) is 24.8 Å². The molecule has 0 heterocycles. The number of methoxy groups -OCH3 is 1. The fraction of sp³-hybridized carbons (Fsp3) is 0.176. The molecule has 0 aromatic heterocycles. The van der Waals surface area contributed by atoms with Gasteiger partial charge in [-0.1, -0.05) is 0 Å². The van der Waals surface area contributed by atoms with Crippen LogP contribution in [-0.2, 0) is 14.3 Å². The smallest absolute Gasteiger partial charge is 0.316 e. The molecule has 0 aliphatic heterocycles. The minimum atomic E-state index is -0.495. The minimum Gasteiger partial charge on any atom is -0.497 e. The zero-order valence-corrected chi connectivity index (χ0v) is 13.8. The summed E-state index contributed by atoms with van der Waals surface area (Å²) in [6.07, 6.45) is 0. The molecule has 7 heteroatoms. The molecule has 0 bridgehead atoms. The first kappa shape index (κ1) is 17.8. The van der Waals surface area contributed by atoms with Crippen molar-refractivity contribution in [3.05, 3.63) is 54.3 Å². The zero-order valence-electron chi connectivity index (χ0n) is 13.0. The molecule has 0 fully saturated rings. The van der Waals surface area contributed by atoms with E-state index in [2.05, 4.69) is 5.32 Å². The second-order valence-electron chi connectivity index (χ2n) is 4.68. The number of amides is 1. The SMILES string of the molecule is COc1ccc(SCC(=O)OCC(=O)Nc2ccc(F)cc2)cc1. The van der Waals surface area contributed by atoms with Gasteiger partial charge in [0, 0.05) is 10.6 Å². The summed E-state index contributed by atoms with van der Waals surface area (Å²) in [6, 6.07) is 12.6. The lowest BCUT2D eigenvalue weighted by molar-refractivity contribution is -0.144. The van der Waals surface area contributed by atoms with Crippen LogP contribution in [0, 0.1) is 5.82 Å². The van der Waals surface area contributed by atoms with Gasteiger partial charge in [-0.15, -0.1) is 11.8 Å². The molecule has 24 heavy (non-hydrogen) atoms. The molecule has 0 unspecified atom stereocenters. The number of thioether (sulfide) groups is 1. The Labute approximate surface area is 143 Å². The normalized spacial score (nSPS) is 10.1. The number of ether oxygens (including phenoxy) is 2. The van der Waals surface area contributed by atoms with Crippen molar-refractivity contribution in [1.82, 2.24) is 0 Å². The Balaban J connectivity index is 1.70. The van der Waals surface area contributed by atoms with Crippen LogP contribution < -0.4 is 10.1 Å². The maximum Gasteiger partial charge on any atom is 0.316 e. The summed E-state index contributed by atoms with van der Waals surface area (Å²) in [5, 5.41) is 2.51. The maximum atomic E-state index is 12.8. The van der Waals surface area contributed by atoms with Crippen LogP contribution in [0.3, 0.4) is 0 Å². The molecule has 0 saturated carbocycles. The van der Waals surface area contributed by atoms with Crippen molar-refractivity contribution in [3.8, 4) is 5.75 Å². The van der Waals surface area contributed by atoms with E-state index in [-0.39, 0.29) is 12.4 Å². The van der Waals surface area contributed by atoms with Crippen LogP contribution in [0.4, 0.5) is 10.1 Å². The van der Waals surface area contributed by atoms with Crippen LogP contribution in [0.15, 0.2) is 53.4 Å². The van der Waals surface area contributed by atoms with Gasteiger partial charge in [0.25, 0.3) is 5.91 Å². The number of carbonyl (C=O) groups excluding carboxylic acids is 2. The van der Waals surface area contributed by atoms with E-state index in [9.17, 15) is 14.0 Å². The highest BCUT2D eigenvalue weighted by molar-refractivity contribution is 8.00. The Morgan fingerprint density at radius 3 is 2.38 bits per heavy atom. The fourth-order valence-electron chi connectivity index (χ4n) is 1.73. The van der Waals surface area contributed by atoms with Crippen molar-refractivity contribution in [2.45, 2.75) is 4.90 Å². The summed E-state index contributed by atoms with van der Waals surface area (Å²) in [7, 11) is 1.58. The van der Waals surface area contributed by atoms with Gasteiger partial charge in [-0.05, 0) is 48.5 Å². The van der Waals surface area contributed by atoms with Gasteiger partial charge >= 0.3 is 5.97 Å². The molecule has 1 amide bonds. The number of hydrogen-bond acceptors (Lipinski definition) is 5. The van der Waals surface area contributed by atoms with Crippen LogP contribution in [0.25, 0.3) is 0 Å². The number of rotatable bonds is 7. The number of anilines is 1. The fourth-order valence-corrected chi connectivity index (χ4v) is 2.43. The highest BCUT2D eigenvalue weighted by Gasteiger charge is 2.09. The Morgan fingerprint density at radius 2 is 1.75 bits per heavy atom. The second-order valence-corrected chi connectivity index (χ2v) is 5.73. The average molecular weight is 349 g/mol. The van der Waals surface area contributed by atoms with Gasteiger partial charge in [0.2, 0.25) is 0 Å². The molecular weight excluding hydrogens is 333 g/mol. The lowest BCUT2D eigenvalue weighted by Gasteiger charge is -2.07. The van der Waals surface area contributed by atoms with E-state index >= 15 is 0 Å². The van der Waals surface area contributed by atoms with E-state index in [0.29, 0.717) is 5.69 Å². The van der Waals surface area contributed by atoms with Crippen LogP contribution in [0.2, 0.25) is 0 Å². The van der Waals surface area contributed by atoms with Gasteiger partial charge in [0.15, 0.2) is 6.61 Å². The van der Waals surface area contributed by atoms with Gasteiger partial charge in [0.1, 0.15) is 11.6 Å². The Bertz CT molecular complexity index is 689. The monoisotopic (exact) mass is 349 g/mol. The first-order valence-electron chi connectivity index (χ1n) is 7.05. The lowest BCUT2D eigenvalue weighted by Crippen LogP contribution is -2.21. The van der Waals surface area contributed by atoms with Gasteiger partial charge < -0.3 is 14.8 Å². The van der Waals surface area contributed by atoms with Crippen LogP contribution in [0.1, 0.15) is 0 Å². The quantitative estimate of drug-likeness (QED) is 0.615. The van der Waals surface area contributed by atoms with Crippen molar-refractivity contribution in [1.29, 1.82) is 0 Å². The molecule has 126 valence electrons. The van der Waals surface area contributed by atoms with Crippen LogP contribution in [0.5, 0.6) is 5.75 Å². The minimum absolute atomic E-state index is 0.0934. The number of esters is 1. The van der Waals surface area contributed by atoms with Crippen molar-refractivity contribution < 1.29 is 23.5 Å². The molecule has 0 aliphatic rings. The number of nitrogens with one attached hydrogen (secondary N) is 1. The van der Waals surface area contributed by atoms with E-state index < -0.39 is 17.7 Å². The number of halogens is 1. The Morgan fingerprint density at radius 1 is 1.08 bits per heavy atom. The topological polar surface area (TPSA) is 64.6 Å². The third kappa shape index (κ3) is 5.92. The summed E-state index contributed by atoms with van der Waals surface area (Å²) in [5.41, 5.74) is 0.435. The molecule has 2 aromatic carbocycles. The third-order valence-electron chi connectivity index (χ3n) is 2.91. The Hall–Kier alpha value is -2.54.